The fraction of sp³-hybridized carbons (Fsp3) is 0.529. The number of rotatable bonds is 10. The van der Waals surface area contributed by atoms with Gasteiger partial charge in [0.25, 0.3) is 5.91 Å². The normalized spacial score (nSPS) is 21.6. The molecule has 3 fully saturated rings. The molecule has 0 spiro atoms. The first-order chi connectivity index (χ1) is 31.4. The van der Waals surface area contributed by atoms with Gasteiger partial charge in [0.1, 0.15) is 23.9 Å². The molecule has 8 rings (SSSR count). The van der Waals surface area contributed by atoms with Crippen LogP contribution in [0.25, 0.3) is 33.3 Å². The molecule has 4 N–H and O–H groups in total. The van der Waals surface area contributed by atoms with Crippen LogP contribution in [0.4, 0.5) is 0 Å². The molecule has 15 heteroatoms. The van der Waals surface area contributed by atoms with Crippen molar-refractivity contribution in [2.75, 3.05) is 39.8 Å². The number of aryl methyl sites for hydroxylation is 1. The van der Waals surface area contributed by atoms with Crippen molar-refractivity contribution in [2.45, 2.75) is 117 Å². The summed E-state index contributed by atoms with van der Waals surface area (Å²) in [6.45, 7) is 17.2. The SMILES string of the molecule is CCn1c(-c2cccnc2C(C)C)c2c3cc(ccc31)-c1cc(O)cc(c1)C[C@H](NC(=O)[C@H](C(C)C)N(C)C(=O)CC1CN(C(=O)[C@@H]3CN3)C1)C(=O)N1CCC[C@H](N1)C(=O)OCC(C)(C)C2. The lowest BCUT2D eigenvalue weighted by Crippen LogP contribution is -2.62. The fourth-order valence-electron chi connectivity index (χ4n) is 10.2. The smallest absolute Gasteiger partial charge is 0.324 e. The first kappa shape index (κ1) is 46.7. The van der Waals surface area contributed by atoms with E-state index in [-0.39, 0.29) is 60.8 Å². The third-order valence-corrected chi connectivity index (χ3v) is 13.6. The molecule has 0 aliphatic carbocycles. The molecule has 3 saturated heterocycles. The summed E-state index contributed by atoms with van der Waals surface area (Å²) in [7, 11) is 1.61. The molecular weight excluding hydrogens is 837 g/mol. The number of phenols is 1. The quantitative estimate of drug-likeness (QED) is 0.122. The zero-order chi connectivity index (χ0) is 47.2. The Morgan fingerprint density at radius 3 is 2.50 bits per heavy atom. The number of esters is 1. The maximum Gasteiger partial charge on any atom is 0.324 e. The van der Waals surface area contributed by atoms with Gasteiger partial charge in [-0.1, -0.05) is 53.7 Å². The standard InChI is InChI=1S/C51H66N8O7/c1-9-58-42-15-14-33-23-37(42)38(46(58)36-12-10-16-52-44(36)29(2)3)24-51(6,7)28-66-50(65)39-13-11-17-59(55-39)49(64)40(20-31-18-34(33)22-35(60)19-31)54-47(62)45(30(4)5)56(8)43(61)21-32-26-57(27-32)48(63)41-25-53-41/h10,12,14-16,18-19,22-23,29-30,32,39-41,45,53,55,60H,9,11,13,17,20-21,24-28H2,1-8H3,(H,54,62)/t39-,40-,41-,45-/m0/s1. The summed E-state index contributed by atoms with van der Waals surface area (Å²) in [4.78, 5) is 77.3. The number of likely N-dealkylation sites (N-methyl/N-ethyl adjacent to an activating group) is 1. The van der Waals surface area contributed by atoms with Gasteiger partial charge in [0, 0.05) is 86.6 Å². The molecule has 4 aliphatic rings. The summed E-state index contributed by atoms with van der Waals surface area (Å²) in [5.41, 5.74) is 10.1. The lowest BCUT2D eigenvalue weighted by Gasteiger charge is -2.40. The van der Waals surface area contributed by atoms with Crippen molar-refractivity contribution < 1.29 is 33.8 Å². The Bertz CT molecular complexity index is 2520. The van der Waals surface area contributed by atoms with Crippen molar-refractivity contribution in [2.24, 2.45) is 17.3 Å². The average Bonchev–Trinajstić information content (AvgIpc) is 4.08. The van der Waals surface area contributed by atoms with E-state index in [9.17, 15) is 29.1 Å². The predicted molar refractivity (Wildman–Crippen MR) is 252 cm³/mol. The van der Waals surface area contributed by atoms with Gasteiger partial charge >= 0.3 is 5.97 Å². The number of cyclic esters (lactones) is 1. The molecule has 0 unspecified atom stereocenters. The van der Waals surface area contributed by atoms with Gasteiger partial charge in [-0.05, 0) is 96.7 Å². The van der Waals surface area contributed by atoms with E-state index in [0.717, 1.165) is 44.5 Å². The number of amides is 4. The second-order valence-electron chi connectivity index (χ2n) is 20.3. The number of likely N-dealkylation sites (tertiary alicyclic amines) is 1. The number of carbonyl (C=O) groups is 5. The topological polar surface area (TPSA) is 188 Å². The Balaban J connectivity index is 1.15. The summed E-state index contributed by atoms with van der Waals surface area (Å²) in [5.74, 6) is -1.71. The van der Waals surface area contributed by atoms with E-state index in [0.29, 0.717) is 57.5 Å². The lowest BCUT2D eigenvalue weighted by molar-refractivity contribution is -0.155. The Hall–Kier alpha value is -5.80. The third kappa shape index (κ3) is 9.69. The molecule has 2 aromatic carbocycles. The van der Waals surface area contributed by atoms with Gasteiger partial charge in [-0.15, -0.1) is 0 Å². The van der Waals surface area contributed by atoms with Crippen molar-refractivity contribution >= 4 is 40.5 Å². The molecule has 0 saturated carbocycles. The van der Waals surface area contributed by atoms with Crippen molar-refractivity contribution in [1.82, 2.24) is 40.4 Å². The number of ether oxygens (including phenoxy) is 1. The number of fused-ring (bicyclic) bond motifs is 6. The number of hydrogen-bond acceptors (Lipinski definition) is 10. The molecular formula is C51H66N8O7. The van der Waals surface area contributed by atoms with Gasteiger partial charge in [-0.2, -0.15) is 0 Å². The first-order valence-corrected chi connectivity index (χ1v) is 23.7. The van der Waals surface area contributed by atoms with Gasteiger partial charge in [0.2, 0.25) is 17.7 Å². The van der Waals surface area contributed by atoms with Gasteiger partial charge in [0.05, 0.1) is 24.0 Å². The molecule has 15 nitrogen and oxygen atoms in total. The van der Waals surface area contributed by atoms with E-state index in [1.807, 2.05) is 38.2 Å². The van der Waals surface area contributed by atoms with Crippen LogP contribution < -0.4 is 16.1 Å². The van der Waals surface area contributed by atoms with Crippen LogP contribution in [-0.2, 0) is 48.1 Å². The molecule has 0 radical (unpaired) electrons. The molecule has 352 valence electrons. The monoisotopic (exact) mass is 903 g/mol. The maximum atomic E-state index is 14.7. The van der Waals surface area contributed by atoms with E-state index in [1.165, 1.54) is 9.91 Å². The molecule has 6 heterocycles. The Morgan fingerprint density at radius 2 is 1.80 bits per heavy atom. The fourth-order valence-corrected chi connectivity index (χ4v) is 10.2. The van der Waals surface area contributed by atoms with Crippen LogP contribution in [0, 0.1) is 17.3 Å². The lowest BCUT2D eigenvalue weighted by atomic mass is 9.83. The number of benzene rings is 2. The summed E-state index contributed by atoms with van der Waals surface area (Å²) in [6, 6.07) is 12.7. The summed E-state index contributed by atoms with van der Waals surface area (Å²) < 4.78 is 8.45. The molecule has 4 aromatic rings. The second-order valence-corrected chi connectivity index (χ2v) is 20.3. The number of nitrogens with one attached hydrogen (secondary N) is 3. The number of carbonyl (C=O) groups excluding carboxylic acids is 5. The molecule has 4 aliphatic heterocycles. The minimum Gasteiger partial charge on any atom is -0.508 e. The summed E-state index contributed by atoms with van der Waals surface area (Å²) >= 11 is 0. The maximum absolute atomic E-state index is 14.7. The van der Waals surface area contributed by atoms with Gasteiger partial charge in [-0.25, -0.2) is 5.43 Å². The Morgan fingerprint density at radius 1 is 1.05 bits per heavy atom. The minimum atomic E-state index is -1.14. The van der Waals surface area contributed by atoms with E-state index in [2.05, 4.69) is 73.4 Å². The number of aromatic nitrogens is 2. The Labute approximate surface area is 387 Å². The zero-order valence-corrected chi connectivity index (χ0v) is 39.6. The van der Waals surface area contributed by atoms with E-state index < -0.39 is 41.3 Å². The highest BCUT2D eigenvalue weighted by atomic mass is 16.5. The highest BCUT2D eigenvalue weighted by Crippen LogP contribution is 2.42. The zero-order valence-electron chi connectivity index (χ0n) is 39.6. The number of aromatic hydroxyl groups is 1. The Kier molecular flexibility index (Phi) is 13.3. The molecule has 4 amide bonds. The molecule has 2 aromatic heterocycles. The average molecular weight is 903 g/mol. The highest BCUT2D eigenvalue weighted by Gasteiger charge is 2.42. The molecule has 66 heavy (non-hydrogen) atoms. The van der Waals surface area contributed by atoms with E-state index >= 15 is 0 Å². The second kappa shape index (κ2) is 18.8. The molecule has 4 atom stereocenters. The van der Waals surface area contributed by atoms with E-state index in [4.69, 9.17) is 9.72 Å². The van der Waals surface area contributed by atoms with Gasteiger partial charge in [0.15, 0.2) is 0 Å². The number of hydrazine groups is 1. The van der Waals surface area contributed by atoms with Crippen LogP contribution in [0.5, 0.6) is 5.75 Å². The number of phenolic OH excluding ortho intramolecular Hbond substituents is 1. The van der Waals surface area contributed by atoms with Crippen LogP contribution in [0.3, 0.4) is 0 Å². The largest absolute Gasteiger partial charge is 0.508 e. The third-order valence-electron chi connectivity index (χ3n) is 13.6. The summed E-state index contributed by atoms with van der Waals surface area (Å²) in [6.07, 6.45) is 3.61. The van der Waals surface area contributed by atoms with Crippen molar-refractivity contribution in [1.29, 1.82) is 0 Å². The van der Waals surface area contributed by atoms with Crippen molar-refractivity contribution in [3.63, 3.8) is 0 Å². The van der Waals surface area contributed by atoms with Crippen molar-refractivity contribution in [3.8, 4) is 28.1 Å². The summed E-state index contributed by atoms with van der Waals surface area (Å²) in [5, 5.41) is 19.8. The number of nitrogens with zero attached hydrogens (tertiary/aromatic N) is 5. The van der Waals surface area contributed by atoms with E-state index in [1.54, 1.807) is 24.1 Å². The minimum absolute atomic E-state index is 0.00231. The van der Waals surface area contributed by atoms with Crippen LogP contribution in [0.1, 0.15) is 90.5 Å². The number of hydrogen-bond donors (Lipinski definition) is 4. The molecule has 6 bridgehead atoms. The van der Waals surface area contributed by atoms with Gasteiger partial charge < -0.3 is 34.8 Å². The van der Waals surface area contributed by atoms with Crippen LogP contribution in [0.15, 0.2) is 54.7 Å². The van der Waals surface area contributed by atoms with Crippen molar-refractivity contribution in [3.05, 3.63) is 71.5 Å². The predicted octanol–water partition coefficient (Wildman–Crippen LogP) is 5.17. The first-order valence-electron chi connectivity index (χ1n) is 23.7. The highest BCUT2D eigenvalue weighted by molar-refractivity contribution is 5.96. The van der Waals surface area contributed by atoms with Crippen LogP contribution >= 0.6 is 0 Å². The van der Waals surface area contributed by atoms with Gasteiger partial charge in [-0.3, -0.25) is 34.0 Å². The number of pyridine rings is 1. The van der Waals surface area contributed by atoms with Crippen LogP contribution in [-0.4, -0.2) is 123 Å². The van der Waals surface area contributed by atoms with Crippen LogP contribution in [0.2, 0.25) is 0 Å².